The van der Waals surface area contributed by atoms with Crippen molar-refractivity contribution < 1.29 is 4.79 Å². The molecular weight excluding hydrogens is 405 g/mol. The molecule has 4 rings (SSSR count). The van der Waals surface area contributed by atoms with E-state index in [1.807, 2.05) is 41.3 Å². The van der Waals surface area contributed by atoms with Gasteiger partial charge in [-0.05, 0) is 24.0 Å². The smallest absolute Gasteiger partial charge is 0.273 e. The summed E-state index contributed by atoms with van der Waals surface area (Å²) in [6, 6.07) is 20.7. The Morgan fingerprint density at radius 2 is 1.52 bits per heavy atom. The van der Waals surface area contributed by atoms with Crippen molar-refractivity contribution in [2.75, 3.05) is 6.54 Å². The highest BCUT2D eigenvalue weighted by Crippen LogP contribution is 2.38. The molecule has 2 heterocycles. The van der Waals surface area contributed by atoms with Crippen molar-refractivity contribution in [2.45, 2.75) is 44.7 Å². The number of carbonyl (C=O) groups excluding carboxylic acids is 1. The van der Waals surface area contributed by atoms with Gasteiger partial charge in [-0.3, -0.25) is 14.3 Å². The van der Waals surface area contributed by atoms with Crippen LogP contribution in [-0.4, -0.2) is 33.2 Å². The summed E-state index contributed by atoms with van der Waals surface area (Å²) in [5.74, 6) is -0.120. The van der Waals surface area contributed by atoms with Crippen LogP contribution in [0.15, 0.2) is 71.7 Å². The zero-order valence-corrected chi connectivity index (χ0v) is 19.1. The Morgan fingerprint density at radius 3 is 2.03 bits per heavy atom. The van der Waals surface area contributed by atoms with E-state index in [4.69, 9.17) is 0 Å². The fourth-order valence-corrected chi connectivity index (χ4v) is 5.02. The average Bonchev–Trinajstić information content (AvgIpc) is 2.80. The van der Waals surface area contributed by atoms with E-state index in [0.29, 0.717) is 17.5 Å². The molecule has 160 valence electrons. The number of fused-ring (bicyclic) bond motifs is 1. The fraction of sp³-hybridized carbons (Fsp3) is 0.320. The van der Waals surface area contributed by atoms with E-state index in [9.17, 15) is 9.59 Å². The summed E-state index contributed by atoms with van der Waals surface area (Å²) in [6.07, 6.45) is 3.06. The van der Waals surface area contributed by atoms with Crippen LogP contribution < -0.4 is 10.7 Å². The number of hydrogen-bond acceptors (Lipinski definition) is 3. The number of benzene rings is 2. The first kappa shape index (κ1) is 21.5. The SMILES string of the molecule is CCC(CC)N1CC(C(c2ccccc2)c2ccccc2)n2ncc(=O)c(P)c2C1=O. The summed E-state index contributed by atoms with van der Waals surface area (Å²) in [7, 11) is 2.47. The molecule has 0 aliphatic carbocycles. The third-order valence-electron chi connectivity index (χ3n) is 6.30. The van der Waals surface area contributed by atoms with E-state index < -0.39 is 0 Å². The second-order valence-corrected chi connectivity index (χ2v) is 8.59. The Bertz CT molecular complexity index is 1070. The van der Waals surface area contributed by atoms with Crippen LogP contribution in [0.1, 0.15) is 60.3 Å². The van der Waals surface area contributed by atoms with Gasteiger partial charge in [0.15, 0.2) is 0 Å². The summed E-state index contributed by atoms with van der Waals surface area (Å²) < 4.78 is 1.79. The Labute approximate surface area is 185 Å². The van der Waals surface area contributed by atoms with Gasteiger partial charge < -0.3 is 4.90 Å². The molecular formula is C25H28N3O2P. The van der Waals surface area contributed by atoms with Crippen molar-refractivity contribution in [3.63, 3.8) is 0 Å². The number of carbonyl (C=O) groups is 1. The highest BCUT2D eigenvalue weighted by Gasteiger charge is 2.40. The lowest BCUT2D eigenvalue weighted by Crippen LogP contribution is -2.53. The first-order valence-corrected chi connectivity index (χ1v) is 11.4. The van der Waals surface area contributed by atoms with Gasteiger partial charge in [-0.25, -0.2) is 0 Å². The van der Waals surface area contributed by atoms with Gasteiger partial charge in [0.25, 0.3) is 5.91 Å². The monoisotopic (exact) mass is 433 g/mol. The van der Waals surface area contributed by atoms with Crippen molar-refractivity contribution in [3.8, 4) is 0 Å². The molecule has 0 saturated heterocycles. The molecule has 6 heteroatoms. The van der Waals surface area contributed by atoms with E-state index >= 15 is 0 Å². The summed E-state index contributed by atoms with van der Waals surface area (Å²) in [5, 5.41) is 4.86. The lowest BCUT2D eigenvalue weighted by atomic mass is 9.83. The summed E-state index contributed by atoms with van der Waals surface area (Å²) in [5.41, 5.74) is 2.48. The molecule has 2 aromatic carbocycles. The molecule has 0 spiro atoms. The topological polar surface area (TPSA) is 55.2 Å². The normalized spacial score (nSPS) is 16.1. The maximum atomic E-state index is 13.5. The number of nitrogens with zero attached hydrogens (tertiary/aromatic N) is 3. The van der Waals surface area contributed by atoms with Crippen LogP contribution in [-0.2, 0) is 0 Å². The summed E-state index contributed by atoms with van der Waals surface area (Å²) in [6.45, 7) is 4.76. The molecule has 1 aromatic heterocycles. The van der Waals surface area contributed by atoms with Crippen molar-refractivity contribution in [3.05, 3.63) is 93.9 Å². The van der Waals surface area contributed by atoms with Crippen LogP contribution in [0.2, 0.25) is 0 Å². The minimum Gasteiger partial charge on any atom is -0.332 e. The van der Waals surface area contributed by atoms with Gasteiger partial charge in [0.1, 0.15) is 5.69 Å². The first-order valence-electron chi connectivity index (χ1n) is 10.8. The third kappa shape index (κ3) is 3.95. The average molecular weight is 433 g/mol. The molecule has 3 aromatic rings. The van der Waals surface area contributed by atoms with Gasteiger partial charge in [0.05, 0.1) is 12.2 Å². The largest absolute Gasteiger partial charge is 0.332 e. The summed E-state index contributed by atoms with van der Waals surface area (Å²) in [4.78, 5) is 27.9. The van der Waals surface area contributed by atoms with E-state index in [-0.39, 0.29) is 29.3 Å². The van der Waals surface area contributed by atoms with Gasteiger partial charge in [0.2, 0.25) is 5.43 Å². The Kier molecular flexibility index (Phi) is 6.33. The van der Waals surface area contributed by atoms with Crippen LogP contribution in [0.25, 0.3) is 0 Å². The molecule has 0 radical (unpaired) electrons. The molecule has 2 atom stereocenters. The quantitative estimate of drug-likeness (QED) is 0.556. The van der Waals surface area contributed by atoms with Gasteiger partial charge in [-0.2, -0.15) is 5.10 Å². The molecule has 2 unspecified atom stereocenters. The van der Waals surface area contributed by atoms with Crippen LogP contribution in [0.5, 0.6) is 0 Å². The van der Waals surface area contributed by atoms with E-state index in [0.717, 1.165) is 24.0 Å². The minimum atomic E-state index is -0.231. The van der Waals surface area contributed by atoms with Crippen molar-refractivity contribution in [1.29, 1.82) is 0 Å². The predicted molar refractivity (Wildman–Crippen MR) is 127 cm³/mol. The number of hydrogen-bond donors (Lipinski definition) is 0. The lowest BCUT2D eigenvalue weighted by molar-refractivity contribution is 0.0532. The maximum Gasteiger partial charge on any atom is 0.273 e. The fourth-order valence-electron chi connectivity index (χ4n) is 4.69. The molecule has 1 amide bonds. The van der Waals surface area contributed by atoms with E-state index in [1.54, 1.807) is 4.68 Å². The lowest BCUT2D eigenvalue weighted by Gasteiger charge is -2.42. The van der Waals surface area contributed by atoms with E-state index in [1.165, 1.54) is 6.20 Å². The molecule has 1 aliphatic rings. The summed E-state index contributed by atoms with van der Waals surface area (Å²) >= 11 is 0. The molecule has 5 nitrogen and oxygen atoms in total. The second kappa shape index (κ2) is 9.15. The predicted octanol–water partition coefficient (Wildman–Crippen LogP) is 3.76. The number of aromatic nitrogens is 2. The zero-order valence-electron chi connectivity index (χ0n) is 17.9. The zero-order chi connectivity index (χ0) is 22.0. The van der Waals surface area contributed by atoms with Gasteiger partial charge in [-0.1, -0.05) is 83.8 Å². The highest BCUT2D eigenvalue weighted by molar-refractivity contribution is 7.27. The Hall–Kier alpha value is -2.78. The molecule has 0 saturated carbocycles. The Morgan fingerprint density at radius 1 is 0.968 bits per heavy atom. The highest BCUT2D eigenvalue weighted by atomic mass is 31.0. The molecule has 0 N–H and O–H groups in total. The molecule has 1 aliphatic heterocycles. The first-order chi connectivity index (χ1) is 15.1. The number of rotatable bonds is 6. The van der Waals surface area contributed by atoms with Crippen molar-refractivity contribution in [1.82, 2.24) is 14.7 Å². The number of amides is 1. The maximum absolute atomic E-state index is 13.5. The van der Waals surface area contributed by atoms with E-state index in [2.05, 4.69) is 52.5 Å². The third-order valence-corrected chi connectivity index (χ3v) is 6.85. The second-order valence-electron chi connectivity index (χ2n) is 8.01. The Balaban J connectivity index is 1.94. The van der Waals surface area contributed by atoms with Crippen LogP contribution in [0, 0.1) is 0 Å². The van der Waals surface area contributed by atoms with Crippen LogP contribution in [0.4, 0.5) is 0 Å². The molecule has 0 fully saturated rings. The molecule has 0 bridgehead atoms. The molecule has 31 heavy (non-hydrogen) atoms. The van der Waals surface area contributed by atoms with Gasteiger partial charge >= 0.3 is 0 Å². The standard InChI is InChI=1S/C25H28N3O2P/c1-3-19(4-2)27-16-20(28-23(25(27)30)24(31)21(29)15-26-28)22(17-11-7-5-8-12-17)18-13-9-6-10-14-18/h5-15,19-20,22H,3-4,16,31H2,1-2H3. The van der Waals surface area contributed by atoms with Gasteiger partial charge in [0, 0.05) is 23.8 Å². The van der Waals surface area contributed by atoms with Crippen molar-refractivity contribution in [2.24, 2.45) is 0 Å². The van der Waals surface area contributed by atoms with Gasteiger partial charge in [-0.15, -0.1) is 0 Å². The van der Waals surface area contributed by atoms with Crippen LogP contribution >= 0.6 is 9.24 Å². The van der Waals surface area contributed by atoms with Crippen LogP contribution in [0.3, 0.4) is 0 Å². The van der Waals surface area contributed by atoms with Crippen molar-refractivity contribution >= 4 is 20.5 Å². The minimum absolute atomic E-state index is 0.00878.